The monoisotopic (exact) mass is 274 g/mol. The van der Waals surface area contributed by atoms with E-state index in [-0.39, 0.29) is 24.3 Å². The first-order valence-electron chi connectivity index (χ1n) is 7.13. The Morgan fingerprint density at radius 1 is 1.25 bits per heavy atom. The molecule has 0 aliphatic carbocycles. The summed E-state index contributed by atoms with van der Waals surface area (Å²) in [7, 11) is 0. The zero-order chi connectivity index (χ0) is 14.7. The van der Waals surface area contributed by atoms with Gasteiger partial charge in [-0.25, -0.2) is 0 Å². The van der Waals surface area contributed by atoms with E-state index in [0.717, 1.165) is 31.4 Å². The summed E-state index contributed by atoms with van der Waals surface area (Å²) < 4.78 is 0. The number of hydrogen-bond donors (Lipinski definition) is 1. The van der Waals surface area contributed by atoms with Gasteiger partial charge < -0.3 is 5.73 Å². The van der Waals surface area contributed by atoms with E-state index in [9.17, 15) is 9.59 Å². The summed E-state index contributed by atoms with van der Waals surface area (Å²) in [5.41, 5.74) is 8.42. The predicted octanol–water partition coefficient (Wildman–Crippen LogP) is 1.83. The van der Waals surface area contributed by atoms with Crippen molar-refractivity contribution in [2.24, 2.45) is 5.73 Å². The van der Waals surface area contributed by atoms with Crippen LogP contribution in [0.4, 0.5) is 0 Å². The van der Waals surface area contributed by atoms with E-state index in [1.165, 1.54) is 5.56 Å². The van der Waals surface area contributed by atoms with Gasteiger partial charge in [0.1, 0.15) is 0 Å². The van der Waals surface area contributed by atoms with Crippen LogP contribution < -0.4 is 5.73 Å². The minimum Gasteiger partial charge on any atom is -0.368 e. The van der Waals surface area contributed by atoms with Crippen molar-refractivity contribution in [2.75, 3.05) is 13.1 Å². The molecule has 1 aromatic carbocycles. The van der Waals surface area contributed by atoms with Crippen molar-refractivity contribution in [3.05, 3.63) is 34.9 Å². The lowest BCUT2D eigenvalue weighted by atomic mass is 9.99. The van der Waals surface area contributed by atoms with E-state index in [1.807, 2.05) is 36.9 Å². The Morgan fingerprint density at radius 2 is 2.00 bits per heavy atom. The molecule has 1 amide bonds. The van der Waals surface area contributed by atoms with Crippen LogP contribution in [0, 0.1) is 13.8 Å². The first-order valence-corrected chi connectivity index (χ1v) is 7.13. The molecule has 0 saturated carbocycles. The Balaban J connectivity index is 2.09. The number of aryl methyl sites for hydroxylation is 2. The molecule has 0 aromatic heterocycles. The second kappa shape index (κ2) is 6.18. The van der Waals surface area contributed by atoms with Crippen LogP contribution in [0.3, 0.4) is 0 Å². The number of nitrogens with zero attached hydrogens (tertiary/aromatic N) is 1. The Hall–Kier alpha value is -1.68. The summed E-state index contributed by atoms with van der Waals surface area (Å²) in [6, 6.07) is 5.44. The summed E-state index contributed by atoms with van der Waals surface area (Å²) >= 11 is 0. The molecule has 4 nitrogen and oxygen atoms in total. The van der Waals surface area contributed by atoms with Crippen LogP contribution in [0.15, 0.2) is 18.2 Å². The number of Topliss-reactive ketones (excluding diaryl/α,β-unsaturated/α-hetero) is 1. The molecule has 108 valence electrons. The highest BCUT2D eigenvalue weighted by Gasteiger charge is 2.28. The number of benzene rings is 1. The maximum atomic E-state index is 12.4. The lowest BCUT2D eigenvalue weighted by Crippen LogP contribution is -2.49. The highest BCUT2D eigenvalue weighted by molar-refractivity contribution is 5.98. The number of piperidine rings is 1. The Kier molecular flexibility index (Phi) is 4.55. The van der Waals surface area contributed by atoms with E-state index in [4.69, 9.17) is 5.73 Å². The molecule has 0 spiro atoms. The second-order valence-electron chi connectivity index (χ2n) is 5.61. The number of carbonyl (C=O) groups is 2. The van der Waals surface area contributed by atoms with E-state index in [2.05, 4.69) is 0 Å². The summed E-state index contributed by atoms with van der Waals surface area (Å²) in [4.78, 5) is 25.7. The fourth-order valence-electron chi connectivity index (χ4n) is 2.69. The molecule has 2 N–H and O–H groups in total. The topological polar surface area (TPSA) is 63.4 Å². The summed E-state index contributed by atoms with van der Waals surface area (Å²) in [5, 5.41) is 0. The Labute approximate surface area is 119 Å². The van der Waals surface area contributed by atoms with Crippen LogP contribution in [0.1, 0.15) is 40.7 Å². The quantitative estimate of drug-likeness (QED) is 0.852. The zero-order valence-electron chi connectivity index (χ0n) is 12.2. The standard InChI is InChI=1S/C16H22N2O2/c1-11-6-7-13(9-12(11)2)15(19)10-18-8-4-3-5-14(18)16(17)20/h6-7,9,14H,3-5,8,10H2,1-2H3,(H2,17,20). The maximum Gasteiger partial charge on any atom is 0.234 e. The molecule has 1 atom stereocenters. The molecule has 0 radical (unpaired) electrons. The third-order valence-corrected chi connectivity index (χ3v) is 4.12. The van der Waals surface area contributed by atoms with Gasteiger partial charge in [0.2, 0.25) is 5.91 Å². The Morgan fingerprint density at radius 3 is 2.65 bits per heavy atom. The van der Waals surface area contributed by atoms with Crippen molar-refractivity contribution < 1.29 is 9.59 Å². The van der Waals surface area contributed by atoms with Crippen molar-refractivity contribution in [1.82, 2.24) is 4.90 Å². The van der Waals surface area contributed by atoms with Crippen molar-refractivity contribution in [3.63, 3.8) is 0 Å². The molecule has 0 bridgehead atoms. The van der Waals surface area contributed by atoms with Gasteiger partial charge in [-0.3, -0.25) is 14.5 Å². The van der Waals surface area contributed by atoms with Crippen LogP contribution in [-0.2, 0) is 4.79 Å². The minimum absolute atomic E-state index is 0.0567. The largest absolute Gasteiger partial charge is 0.368 e. The fourth-order valence-corrected chi connectivity index (χ4v) is 2.69. The van der Waals surface area contributed by atoms with Crippen molar-refractivity contribution in [2.45, 2.75) is 39.2 Å². The summed E-state index contributed by atoms with van der Waals surface area (Å²) in [6.07, 6.45) is 2.78. The molecular weight excluding hydrogens is 252 g/mol. The number of amides is 1. The third-order valence-electron chi connectivity index (χ3n) is 4.12. The summed E-state index contributed by atoms with van der Waals surface area (Å²) in [5.74, 6) is -0.265. The lowest BCUT2D eigenvalue weighted by molar-refractivity contribution is -0.124. The van der Waals surface area contributed by atoms with Crippen LogP contribution in [0.5, 0.6) is 0 Å². The van der Waals surface area contributed by atoms with Crippen LogP contribution >= 0.6 is 0 Å². The number of carbonyl (C=O) groups excluding carboxylic acids is 2. The first kappa shape index (κ1) is 14.7. The van der Waals surface area contributed by atoms with Crippen LogP contribution in [0.2, 0.25) is 0 Å². The highest BCUT2D eigenvalue weighted by Crippen LogP contribution is 2.18. The molecule has 1 fully saturated rings. The van der Waals surface area contributed by atoms with E-state index in [0.29, 0.717) is 5.56 Å². The normalized spacial score (nSPS) is 19.8. The number of primary amides is 1. The van der Waals surface area contributed by atoms with Crippen molar-refractivity contribution in [3.8, 4) is 0 Å². The van der Waals surface area contributed by atoms with Crippen molar-refractivity contribution >= 4 is 11.7 Å². The molecular formula is C16H22N2O2. The highest BCUT2D eigenvalue weighted by atomic mass is 16.1. The number of ketones is 1. The number of likely N-dealkylation sites (tertiary alicyclic amines) is 1. The lowest BCUT2D eigenvalue weighted by Gasteiger charge is -2.32. The number of rotatable bonds is 4. The SMILES string of the molecule is Cc1ccc(C(=O)CN2CCCCC2C(N)=O)cc1C. The number of nitrogens with two attached hydrogens (primary N) is 1. The molecule has 1 aliphatic rings. The minimum atomic E-state index is -0.322. The van der Waals surface area contributed by atoms with Crippen LogP contribution in [-0.4, -0.2) is 35.7 Å². The summed E-state index contributed by atoms with van der Waals surface area (Å²) in [6.45, 7) is 5.07. The third kappa shape index (κ3) is 3.25. The van der Waals surface area contributed by atoms with Gasteiger partial charge in [0.05, 0.1) is 12.6 Å². The van der Waals surface area contributed by atoms with E-state index < -0.39 is 0 Å². The molecule has 2 rings (SSSR count). The molecule has 20 heavy (non-hydrogen) atoms. The number of hydrogen-bond acceptors (Lipinski definition) is 3. The van der Waals surface area contributed by atoms with Gasteiger partial charge in [0.15, 0.2) is 5.78 Å². The molecule has 1 aromatic rings. The molecule has 4 heteroatoms. The average molecular weight is 274 g/mol. The van der Waals surface area contributed by atoms with Gasteiger partial charge in [-0.15, -0.1) is 0 Å². The zero-order valence-corrected chi connectivity index (χ0v) is 12.2. The fraction of sp³-hybridized carbons (Fsp3) is 0.500. The smallest absolute Gasteiger partial charge is 0.234 e. The van der Waals surface area contributed by atoms with Crippen LogP contribution in [0.25, 0.3) is 0 Å². The molecule has 1 unspecified atom stereocenters. The Bertz CT molecular complexity index is 525. The van der Waals surface area contributed by atoms with Gasteiger partial charge in [-0.05, 0) is 50.4 Å². The maximum absolute atomic E-state index is 12.4. The van der Waals surface area contributed by atoms with Crippen molar-refractivity contribution in [1.29, 1.82) is 0 Å². The molecule has 1 saturated heterocycles. The van der Waals surface area contributed by atoms with E-state index in [1.54, 1.807) is 0 Å². The van der Waals surface area contributed by atoms with E-state index >= 15 is 0 Å². The second-order valence-corrected chi connectivity index (χ2v) is 5.61. The van der Waals surface area contributed by atoms with Gasteiger partial charge in [-0.1, -0.05) is 18.6 Å². The molecule has 1 aliphatic heterocycles. The van der Waals surface area contributed by atoms with Gasteiger partial charge in [-0.2, -0.15) is 0 Å². The van der Waals surface area contributed by atoms with Gasteiger partial charge >= 0.3 is 0 Å². The average Bonchev–Trinajstić information content (AvgIpc) is 2.42. The predicted molar refractivity (Wildman–Crippen MR) is 78.7 cm³/mol. The van der Waals surface area contributed by atoms with Gasteiger partial charge in [0.25, 0.3) is 0 Å². The first-order chi connectivity index (χ1) is 9.49. The molecule has 1 heterocycles. The van der Waals surface area contributed by atoms with Gasteiger partial charge in [0, 0.05) is 5.56 Å².